The second-order valence-electron chi connectivity index (χ2n) is 5.70. The maximum atomic E-state index is 5.60. The summed E-state index contributed by atoms with van der Waals surface area (Å²) >= 11 is 0. The Balaban J connectivity index is 1.44. The van der Waals surface area contributed by atoms with Crippen molar-refractivity contribution in [3.8, 4) is 11.5 Å². The zero-order valence-electron chi connectivity index (χ0n) is 13.7. The van der Waals surface area contributed by atoms with Crippen LogP contribution in [0.3, 0.4) is 0 Å². The molecule has 2 aromatic carbocycles. The molecule has 4 heteroatoms. The van der Waals surface area contributed by atoms with Gasteiger partial charge in [0.15, 0.2) is 11.5 Å². The lowest BCUT2D eigenvalue weighted by Crippen LogP contribution is -2.15. The van der Waals surface area contributed by atoms with Gasteiger partial charge < -0.3 is 14.8 Å². The summed E-state index contributed by atoms with van der Waals surface area (Å²) in [5, 5.41) is 3.28. The fraction of sp³-hybridized carbons (Fsp3) is 0.0952. The molecule has 0 saturated carbocycles. The fourth-order valence-corrected chi connectivity index (χ4v) is 2.60. The minimum atomic E-state index is 0.581. The van der Waals surface area contributed by atoms with Crippen molar-refractivity contribution in [1.29, 1.82) is 0 Å². The third-order valence-electron chi connectivity index (χ3n) is 3.87. The molecule has 0 amide bonds. The molecule has 4 nitrogen and oxygen atoms in total. The Kier molecular flexibility index (Phi) is 4.33. The molecule has 0 saturated heterocycles. The average Bonchev–Trinajstić information content (AvgIpc) is 2.68. The average molecular weight is 330 g/mol. The first-order valence-electron chi connectivity index (χ1n) is 8.23. The molecular weight excluding hydrogens is 312 g/mol. The van der Waals surface area contributed by atoms with Crippen molar-refractivity contribution in [2.75, 3.05) is 18.5 Å². The molecule has 0 spiro atoms. The van der Waals surface area contributed by atoms with Crippen LogP contribution in [0.1, 0.15) is 11.1 Å². The van der Waals surface area contributed by atoms with E-state index in [-0.39, 0.29) is 0 Å². The van der Waals surface area contributed by atoms with E-state index in [9.17, 15) is 0 Å². The number of aromatic nitrogens is 1. The van der Waals surface area contributed by atoms with Crippen LogP contribution >= 0.6 is 0 Å². The molecular formula is C21H18N2O2. The predicted molar refractivity (Wildman–Crippen MR) is 100 cm³/mol. The van der Waals surface area contributed by atoms with E-state index in [2.05, 4.69) is 34.6 Å². The van der Waals surface area contributed by atoms with Crippen LogP contribution in [0.4, 0.5) is 11.5 Å². The van der Waals surface area contributed by atoms with Crippen LogP contribution in [0.5, 0.6) is 11.5 Å². The van der Waals surface area contributed by atoms with Crippen molar-refractivity contribution in [2.24, 2.45) is 0 Å². The summed E-state index contributed by atoms with van der Waals surface area (Å²) in [7, 11) is 0. The van der Waals surface area contributed by atoms with E-state index in [1.165, 1.54) is 5.56 Å². The molecule has 1 aromatic heterocycles. The first-order chi connectivity index (χ1) is 12.4. The Bertz CT molecular complexity index is 874. The van der Waals surface area contributed by atoms with Gasteiger partial charge in [-0.15, -0.1) is 0 Å². The van der Waals surface area contributed by atoms with Crippen LogP contribution in [0, 0.1) is 0 Å². The quantitative estimate of drug-likeness (QED) is 0.748. The Hall–Kier alpha value is -3.27. The molecule has 0 fully saturated rings. The number of benzene rings is 2. The molecule has 2 heterocycles. The van der Waals surface area contributed by atoms with E-state index in [0.29, 0.717) is 13.2 Å². The summed E-state index contributed by atoms with van der Waals surface area (Å²) in [5.74, 6) is 2.33. The minimum absolute atomic E-state index is 0.581. The van der Waals surface area contributed by atoms with Gasteiger partial charge in [0.1, 0.15) is 19.0 Å². The topological polar surface area (TPSA) is 43.4 Å². The van der Waals surface area contributed by atoms with Crippen LogP contribution in [-0.4, -0.2) is 18.2 Å². The standard InChI is InChI=1S/C21H18N2O2/c1-2-4-16(5-3-1)6-7-17-8-11-21(22-15-17)23-18-9-10-19-20(14-18)25-13-12-24-19/h1-11,14-15H,12-13H2,(H,22,23)/b7-6+. The molecule has 124 valence electrons. The highest BCUT2D eigenvalue weighted by atomic mass is 16.6. The lowest BCUT2D eigenvalue weighted by Gasteiger charge is -2.19. The number of rotatable bonds is 4. The summed E-state index contributed by atoms with van der Waals surface area (Å²) in [6.45, 7) is 1.18. The molecule has 0 bridgehead atoms. The lowest BCUT2D eigenvalue weighted by molar-refractivity contribution is 0.171. The second-order valence-corrected chi connectivity index (χ2v) is 5.70. The number of pyridine rings is 1. The van der Waals surface area contributed by atoms with Crippen LogP contribution in [0.25, 0.3) is 12.2 Å². The third kappa shape index (κ3) is 3.80. The van der Waals surface area contributed by atoms with Crippen molar-refractivity contribution in [1.82, 2.24) is 4.98 Å². The van der Waals surface area contributed by atoms with Gasteiger partial charge >= 0.3 is 0 Å². The van der Waals surface area contributed by atoms with Gasteiger partial charge in [0.25, 0.3) is 0 Å². The van der Waals surface area contributed by atoms with Gasteiger partial charge in [0.05, 0.1) is 0 Å². The first-order valence-corrected chi connectivity index (χ1v) is 8.23. The summed E-state index contributed by atoms with van der Waals surface area (Å²) < 4.78 is 11.1. The highest BCUT2D eigenvalue weighted by molar-refractivity contribution is 5.70. The molecule has 25 heavy (non-hydrogen) atoms. The summed E-state index contributed by atoms with van der Waals surface area (Å²) in [6, 6.07) is 20.0. The summed E-state index contributed by atoms with van der Waals surface area (Å²) in [4.78, 5) is 4.46. The number of nitrogens with zero attached hydrogens (tertiary/aromatic N) is 1. The molecule has 0 atom stereocenters. The van der Waals surface area contributed by atoms with E-state index in [0.717, 1.165) is 28.6 Å². The van der Waals surface area contributed by atoms with Gasteiger partial charge in [-0.2, -0.15) is 0 Å². The van der Waals surface area contributed by atoms with Gasteiger partial charge in [0, 0.05) is 18.0 Å². The smallest absolute Gasteiger partial charge is 0.163 e. The number of anilines is 2. The third-order valence-corrected chi connectivity index (χ3v) is 3.87. The first kappa shape index (κ1) is 15.3. The zero-order chi connectivity index (χ0) is 16.9. The maximum Gasteiger partial charge on any atom is 0.163 e. The Morgan fingerprint density at radius 2 is 1.60 bits per heavy atom. The fourth-order valence-electron chi connectivity index (χ4n) is 2.60. The number of hydrogen-bond donors (Lipinski definition) is 1. The minimum Gasteiger partial charge on any atom is -0.486 e. The van der Waals surface area contributed by atoms with E-state index in [1.807, 2.05) is 54.7 Å². The van der Waals surface area contributed by atoms with Crippen molar-refractivity contribution in [2.45, 2.75) is 0 Å². The van der Waals surface area contributed by atoms with Crippen LogP contribution < -0.4 is 14.8 Å². The Labute approximate surface area is 146 Å². The molecule has 0 radical (unpaired) electrons. The maximum absolute atomic E-state index is 5.60. The van der Waals surface area contributed by atoms with Gasteiger partial charge in [0.2, 0.25) is 0 Å². The van der Waals surface area contributed by atoms with E-state index in [1.54, 1.807) is 0 Å². The largest absolute Gasteiger partial charge is 0.486 e. The molecule has 1 aliphatic rings. The SMILES string of the molecule is C(=C\c1ccc(Nc2ccc3c(c2)OCCO3)nc1)/c1ccccc1. The molecule has 3 aromatic rings. The molecule has 0 aliphatic carbocycles. The number of hydrogen-bond acceptors (Lipinski definition) is 4. The van der Waals surface area contributed by atoms with Crippen molar-refractivity contribution >= 4 is 23.7 Å². The van der Waals surface area contributed by atoms with Crippen LogP contribution in [0.2, 0.25) is 0 Å². The number of ether oxygens (including phenoxy) is 2. The van der Waals surface area contributed by atoms with Crippen molar-refractivity contribution in [3.63, 3.8) is 0 Å². The molecule has 4 rings (SSSR count). The summed E-state index contributed by atoms with van der Waals surface area (Å²) in [5.41, 5.74) is 3.14. The van der Waals surface area contributed by atoms with Gasteiger partial charge in [-0.1, -0.05) is 42.5 Å². The number of fused-ring (bicyclic) bond motifs is 1. The number of nitrogens with one attached hydrogen (secondary N) is 1. The Morgan fingerprint density at radius 1 is 0.800 bits per heavy atom. The lowest BCUT2D eigenvalue weighted by atomic mass is 10.2. The predicted octanol–water partition coefficient (Wildman–Crippen LogP) is 4.77. The van der Waals surface area contributed by atoms with E-state index in [4.69, 9.17) is 9.47 Å². The zero-order valence-corrected chi connectivity index (χ0v) is 13.7. The van der Waals surface area contributed by atoms with Crippen molar-refractivity contribution in [3.05, 3.63) is 78.0 Å². The van der Waals surface area contributed by atoms with E-state index < -0.39 is 0 Å². The highest BCUT2D eigenvalue weighted by Crippen LogP contribution is 2.33. The highest BCUT2D eigenvalue weighted by Gasteiger charge is 2.11. The van der Waals surface area contributed by atoms with Gasteiger partial charge in [-0.05, 0) is 35.4 Å². The van der Waals surface area contributed by atoms with Crippen LogP contribution in [0.15, 0.2) is 66.9 Å². The van der Waals surface area contributed by atoms with Gasteiger partial charge in [-0.25, -0.2) is 4.98 Å². The van der Waals surface area contributed by atoms with Crippen LogP contribution in [-0.2, 0) is 0 Å². The van der Waals surface area contributed by atoms with Crippen molar-refractivity contribution < 1.29 is 9.47 Å². The molecule has 0 unspecified atom stereocenters. The molecule has 1 N–H and O–H groups in total. The van der Waals surface area contributed by atoms with E-state index >= 15 is 0 Å². The van der Waals surface area contributed by atoms with Gasteiger partial charge in [-0.3, -0.25) is 0 Å². The normalized spacial score (nSPS) is 13.0. The Morgan fingerprint density at radius 3 is 2.40 bits per heavy atom. The monoisotopic (exact) mass is 330 g/mol. The second kappa shape index (κ2) is 7.09. The molecule has 1 aliphatic heterocycles. The summed E-state index contributed by atoms with van der Waals surface area (Å²) in [6.07, 6.45) is 5.97.